The van der Waals surface area contributed by atoms with E-state index in [0.29, 0.717) is 44.8 Å². The van der Waals surface area contributed by atoms with Gasteiger partial charge in [0.15, 0.2) is 17.4 Å². The molecule has 156 valence electrons. The molecule has 0 atom stereocenters. The van der Waals surface area contributed by atoms with Crippen LogP contribution in [0.3, 0.4) is 0 Å². The lowest BCUT2D eigenvalue weighted by Crippen LogP contribution is -2.57. The largest absolute Gasteiger partial charge is 0.459 e. The fourth-order valence-electron chi connectivity index (χ4n) is 4.46. The van der Waals surface area contributed by atoms with Crippen molar-refractivity contribution < 1.29 is 18.7 Å². The number of piperidine rings is 1. The molecule has 3 aromatic heterocycles. The number of hydrogen-bond acceptors (Lipinski definition) is 7. The second kappa shape index (κ2) is 7.28. The van der Waals surface area contributed by atoms with Crippen LogP contribution in [0.4, 0.5) is 4.79 Å². The highest BCUT2D eigenvalue weighted by atomic mass is 32.1. The zero-order valence-electron chi connectivity index (χ0n) is 16.5. The van der Waals surface area contributed by atoms with E-state index >= 15 is 0 Å². The molecule has 0 unspecified atom stereocenters. The molecule has 10 heteroatoms. The average molecular weight is 427 g/mol. The summed E-state index contributed by atoms with van der Waals surface area (Å²) in [6, 6.07) is 7.41. The van der Waals surface area contributed by atoms with Gasteiger partial charge in [-0.25, -0.2) is 4.79 Å². The van der Waals surface area contributed by atoms with Gasteiger partial charge in [0, 0.05) is 19.6 Å². The van der Waals surface area contributed by atoms with Crippen LogP contribution in [-0.2, 0) is 16.8 Å². The summed E-state index contributed by atoms with van der Waals surface area (Å²) in [6.45, 7) is 1.94. The number of hydrogen-bond donors (Lipinski definition) is 0. The highest BCUT2D eigenvalue weighted by Gasteiger charge is 2.46. The van der Waals surface area contributed by atoms with Crippen LogP contribution in [0.5, 0.6) is 0 Å². The summed E-state index contributed by atoms with van der Waals surface area (Å²) in [4.78, 5) is 29.6. The van der Waals surface area contributed by atoms with E-state index < -0.39 is 5.54 Å². The predicted molar refractivity (Wildman–Crippen MR) is 108 cm³/mol. The van der Waals surface area contributed by atoms with Crippen LogP contribution in [0.15, 0.2) is 40.3 Å². The second-order valence-electron chi connectivity index (χ2n) is 7.57. The molecule has 3 aromatic rings. The van der Waals surface area contributed by atoms with Gasteiger partial charge < -0.3 is 18.6 Å². The fraction of sp³-hybridized carbons (Fsp3) is 0.400. The van der Waals surface area contributed by atoms with Gasteiger partial charge in [-0.3, -0.25) is 9.69 Å². The van der Waals surface area contributed by atoms with Crippen molar-refractivity contribution in [3.8, 4) is 10.7 Å². The van der Waals surface area contributed by atoms with Gasteiger partial charge in [0.1, 0.15) is 0 Å². The van der Waals surface area contributed by atoms with E-state index in [0.717, 1.165) is 16.5 Å². The van der Waals surface area contributed by atoms with Gasteiger partial charge in [0.05, 0.1) is 30.3 Å². The van der Waals surface area contributed by atoms with Gasteiger partial charge in [0.2, 0.25) is 0 Å². The molecule has 0 saturated carbocycles. The molecule has 1 spiro atoms. The van der Waals surface area contributed by atoms with E-state index in [1.54, 1.807) is 33.3 Å². The summed E-state index contributed by atoms with van der Waals surface area (Å²) in [5, 5.41) is 10.9. The number of amides is 2. The Morgan fingerprint density at radius 3 is 2.67 bits per heavy atom. The van der Waals surface area contributed by atoms with E-state index in [1.807, 2.05) is 17.5 Å². The molecule has 1 fully saturated rings. The number of furan rings is 1. The van der Waals surface area contributed by atoms with Gasteiger partial charge in [-0.05, 0) is 36.4 Å². The third kappa shape index (κ3) is 2.98. The highest BCUT2D eigenvalue weighted by Crippen LogP contribution is 2.40. The number of likely N-dealkylation sites (tertiary alicyclic amines) is 1. The van der Waals surface area contributed by atoms with Crippen molar-refractivity contribution in [3.63, 3.8) is 0 Å². The normalized spacial score (nSPS) is 17.8. The van der Waals surface area contributed by atoms with Gasteiger partial charge in [-0.1, -0.05) is 6.07 Å². The number of rotatable bonds is 2. The Morgan fingerprint density at radius 1 is 1.17 bits per heavy atom. The number of carbonyl (C=O) groups is 2. The van der Waals surface area contributed by atoms with E-state index in [-0.39, 0.29) is 12.0 Å². The zero-order chi connectivity index (χ0) is 20.7. The number of methoxy groups -OCH3 is 1. The summed E-state index contributed by atoms with van der Waals surface area (Å²) >= 11 is 1.61. The lowest BCUT2D eigenvalue weighted by Gasteiger charge is -2.48. The Kier molecular flexibility index (Phi) is 4.58. The average Bonchev–Trinajstić information content (AvgIpc) is 3.54. The molecule has 1 saturated heterocycles. The Bertz CT molecular complexity index is 1050. The molecule has 0 aromatic carbocycles. The summed E-state index contributed by atoms with van der Waals surface area (Å²) in [7, 11) is 1.38. The first-order valence-electron chi connectivity index (χ1n) is 9.76. The van der Waals surface area contributed by atoms with E-state index in [2.05, 4.69) is 14.8 Å². The maximum absolute atomic E-state index is 12.7. The summed E-state index contributed by atoms with van der Waals surface area (Å²) in [6.07, 6.45) is 2.48. The minimum atomic E-state index is -0.398. The summed E-state index contributed by atoms with van der Waals surface area (Å²) < 4.78 is 12.4. The number of fused-ring (bicyclic) bond motifs is 2. The van der Waals surface area contributed by atoms with Crippen molar-refractivity contribution in [2.75, 3.05) is 26.7 Å². The number of carbonyl (C=O) groups excluding carboxylic acids is 2. The summed E-state index contributed by atoms with van der Waals surface area (Å²) in [5.74, 6) is 1.78. The molecule has 0 bridgehead atoms. The van der Waals surface area contributed by atoms with E-state index in [1.165, 1.54) is 13.4 Å². The first kappa shape index (κ1) is 18.9. The lowest BCUT2D eigenvalue weighted by atomic mass is 9.84. The van der Waals surface area contributed by atoms with Crippen LogP contribution in [0.25, 0.3) is 10.7 Å². The third-order valence-corrected chi connectivity index (χ3v) is 6.78. The third-order valence-electron chi connectivity index (χ3n) is 5.91. The Morgan fingerprint density at radius 2 is 2.00 bits per heavy atom. The minimum Gasteiger partial charge on any atom is -0.459 e. The predicted octanol–water partition coefficient (Wildman–Crippen LogP) is 2.81. The molecule has 30 heavy (non-hydrogen) atoms. The maximum Gasteiger partial charge on any atom is 0.409 e. The van der Waals surface area contributed by atoms with Gasteiger partial charge in [-0.15, -0.1) is 21.5 Å². The quantitative estimate of drug-likeness (QED) is 0.624. The fourth-order valence-corrected chi connectivity index (χ4v) is 5.16. The molecule has 9 nitrogen and oxygen atoms in total. The van der Waals surface area contributed by atoms with Crippen LogP contribution in [-0.4, -0.2) is 63.3 Å². The Hall–Kier alpha value is -3.14. The van der Waals surface area contributed by atoms with Crippen LogP contribution in [0.1, 0.15) is 29.2 Å². The molecular weight excluding hydrogens is 406 g/mol. The molecule has 0 radical (unpaired) electrons. The molecule has 5 rings (SSSR count). The number of nitrogens with zero attached hydrogens (tertiary/aromatic N) is 5. The van der Waals surface area contributed by atoms with Crippen LogP contribution in [0, 0.1) is 0 Å². The van der Waals surface area contributed by atoms with Crippen molar-refractivity contribution in [1.29, 1.82) is 0 Å². The highest BCUT2D eigenvalue weighted by molar-refractivity contribution is 7.13. The van der Waals surface area contributed by atoms with E-state index in [9.17, 15) is 9.59 Å². The maximum atomic E-state index is 12.7. The monoisotopic (exact) mass is 427 g/mol. The molecule has 5 heterocycles. The smallest absolute Gasteiger partial charge is 0.409 e. The topological polar surface area (TPSA) is 93.7 Å². The van der Waals surface area contributed by atoms with Gasteiger partial charge >= 0.3 is 6.09 Å². The van der Waals surface area contributed by atoms with E-state index in [4.69, 9.17) is 9.15 Å². The van der Waals surface area contributed by atoms with Gasteiger partial charge in [-0.2, -0.15) is 0 Å². The van der Waals surface area contributed by atoms with Crippen molar-refractivity contribution in [2.24, 2.45) is 0 Å². The van der Waals surface area contributed by atoms with Crippen LogP contribution in [0.2, 0.25) is 0 Å². The molecule has 2 amide bonds. The van der Waals surface area contributed by atoms with Gasteiger partial charge in [0.25, 0.3) is 5.91 Å². The standard InChI is InChI=1S/C20H21N5O4S/c1-28-19(27)24-12-16-21-22-17(15-5-3-11-30-15)25(16)20(13-24)6-8-23(9-7-20)18(26)14-4-2-10-29-14/h2-5,10-11H,6-9,12-13H2,1H3. The van der Waals surface area contributed by atoms with Crippen LogP contribution < -0.4 is 0 Å². The summed E-state index contributed by atoms with van der Waals surface area (Å²) in [5.41, 5.74) is -0.398. The first-order valence-corrected chi connectivity index (χ1v) is 10.6. The molecule has 0 N–H and O–H groups in total. The molecule has 2 aliphatic rings. The second-order valence-corrected chi connectivity index (χ2v) is 8.52. The zero-order valence-corrected chi connectivity index (χ0v) is 17.3. The SMILES string of the molecule is COC(=O)N1Cc2nnc(-c3cccs3)n2C2(CCN(C(=O)c3ccco3)CC2)C1. The Labute approximate surface area is 176 Å². The Balaban J connectivity index is 1.49. The van der Waals surface area contributed by atoms with Crippen molar-refractivity contribution in [1.82, 2.24) is 24.6 Å². The first-order chi connectivity index (χ1) is 14.6. The lowest BCUT2D eigenvalue weighted by molar-refractivity contribution is 0.0303. The molecule has 0 aliphatic carbocycles. The number of aromatic nitrogens is 3. The molecular formula is C20H21N5O4S. The van der Waals surface area contributed by atoms with Crippen molar-refractivity contribution >= 4 is 23.3 Å². The minimum absolute atomic E-state index is 0.113. The van der Waals surface area contributed by atoms with Crippen molar-refractivity contribution in [3.05, 3.63) is 47.5 Å². The van der Waals surface area contributed by atoms with Crippen LogP contribution >= 0.6 is 11.3 Å². The number of ether oxygens (including phenoxy) is 1. The number of thiophene rings is 1. The molecule has 2 aliphatic heterocycles. The van der Waals surface area contributed by atoms with Crippen molar-refractivity contribution in [2.45, 2.75) is 24.9 Å².